The minimum absolute atomic E-state index is 0.269. The highest BCUT2D eigenvalue weighted by molar-refractivity contribution is 8.06. The number of thioether (sulfide) groups is 1. The van der Waals surface area contributed by atoms with Crippen molar-refractivity contribution >= 4 is 11.8 Å². The van der Waals surface area contributed by atoms with Crippen molar-refractivity contribution in [3.05, 3.63) is 21.2 Å². The van der Waals surface area contributed by atoms with Crippen molar-refractivity contribution in [2.45, 2.75) is 62.5 Å². The molecule has 3 heterocycles. The molecule has 4 N–H and O–H groups in total. The Bertz CT molecular complexity index is 741. The Morgan fingerprint density at radius 1 is 1.04 bits per heavy atom. The first-order valence-corrected chi connectivity index (χ1v) is 9.86. The van der Waals surface area contributed by atoms with Crippen molar-refractivity contribution in [3.63, 3.8) is 0 Å². The molecule has 144 valence electrons. The molecule has 4 aliphatic rings. The lowest BCUT2D eigenvalue weighted by Crippen LogP contribution is -2.43. The molecule has 0 aromatic heterocycles. The van der Waals surface area contributed by atoms with Gasteiger partial charge in [-0.25, -0.2) is 0 Å². The number of nitrogens with two attached hydrogens (primary N) is 2. The van der Waals surface area contributed by atoms with Gasteiger partial charge in [0.15, 0.2) is 12.1 Å². The van der Waals surface area contributed by atoms with Crippen molar-refractivity contribution in [2.24, 2.45) is 17.4 Å². The topological polar surface area (TPSA) is 137 Å². The Morgan fingerprint density at radius 3 is 2.22 bits per heavy atom. The molecule has 9 heteroatoms. The SMILES string of the molecule is CO[C@H]1[C@H]2OC3(CCCCC3)O[C@@H]2O[C@@H]1C1C(C#N)=C(N)SC(N)=C1C#N. The van der Waals surface area contributed by atoms with Crippen LogP contribution in [0.15, 0.2) is 21.2 Å². The van der Waals surface area contributed by atoms with Gasteiger partial charge in [-0.15, -0.1) is 0 Å². The van der Waals surface area contributed by atoms with Gasteiger partial charge < -0.3 is 30.4 Å². The quantitative estimate of drug-likeness (QED) is 0.719. The first-order chi connectivity index (χ1) is 13.0. The molecular formula is C18H22N4O4S. The van der Waals surface area contributed by atoms with E-state index >= 15 is 0 Å². The Hall–Kier alpha value is -1.75. The second-order valence-electron chi connectivity index (χ2n) is 7.20. The molecule has 0 bridgehead atoms. The van der Waals surface area contributed by atoms with Crippen LogP contribution in [0.4, 0.5) is 0 Å². The van der Waals surface area contributed by atoms with Gasteiger partial charge in [-0.05, 0) is 12.8 Å². The van der Waals surface area contributed by atoms with Crippen LogP contribution in [0.25, 0.3) is 0 Å². The molecule has 0 radical (unpaired) electrons. The van der Waals surface area contributed by atoms with Crippen LogP contribution < -0.4 is 11.5 Å². The van der Waals surface area contributed by atoms with E-state index in [9.17, 15) is 10.5 Å². The lowest BCUT2D eigenvalue weighted by atomic mass is 9.84. The zero-order chi connectivity index (χ0) is 19.2. The van der Waals surface area contributed by atoms with Gasteiger partial charge in [0.25, 0.3) is 0 Å². The van der Waals surface area contributed by atoms with Gasteiger partial charge in [-0.3, -0.25) is 0 Å². The fourth-order valence-corrected chi connectivity index (χ4v) is 5.28. The maximum atomic E-state index is 9.62. The maximum absolute atomic E-state index is 9.62. The molecule has 2 saturated heterocycles. The molecule has 0 amide bonds. The summed E-state index contributed by atoms with van der Waals surface area (Å²) in [5.41, 5.74) is 12.6. The average molecular weight is 390 g/mol. The summed E-state index contributed by atoms with van der Waals surface area (Å²) in [6, 6.07) is 4.22. The molecule has 3 aliphatic heterocycles. The third-order valence-electron chi connectivity index (χ3n) is 5.72. The second kappa shape index (κ2) is 7.01. The summed E-state index contributed by atoms with van der Waals surface area (Å²) in [7, 11) is 1.56. The summed E-state index contributed by atoms with van der Waals surface area (Å²) in [5.74, 6) is -1.32. The van der Waals surface area contributed by atoms with E-state index in [1.54, 1.807) is 7.11 Å². The van der Waals surface area contributed by atoms with E-state index in [1.165, 1.54) is 6.42 Å². The van der Waals surface area contributed by atoms with E-state index in [0.29, 0.717) is 0 Å². The largest absolute Gasteiger partial charge is 0.392 e. The van der Waals surface area contributed by atoms with Crippen LogP contribution in [0.3, 0.4) is 0 Å². The molecule has 27 heavy (non-hydrogen) atoms. The highest BCUT2D eigenvalue weighted by Crippen LogP contribution is 2.49. The molecule has 1 spiro atoms. The van der Waals surface area contributed by atoms with Crippen LogP contribution in [0.5, 0.6) is 0 Å². The summed E-state index contributed by atoms with van der Waals surface area (Å²) in [6.45, 7) is 0. The first-order valence-electron chi connectivity index (χ1n) is 9.05. The molecule has 4 rings (SSSR count). The summed E-state index contributed by atoms with van der Waals surface area (Å²) < 4.78 is 24.3. The van der Waals surface area contributed by atoms with Gasteiger partial charge in [0.05, 0.1) is 39.3 Å². The zero-order valence-corrected chi connectivity index (χ0v) is 15.8. The third kappa shape index (κ3) is 2.91. The predicted molar refractivity (Wildman–Crippen MR) is 96.0 cm³/mol. The molecule has 0 unspecified atom stereocenters. The van der Waals surface area contributed by atoms with E-state index in [1.807, 2.05) is 0 Å². The van der Waals surface area contributed by atoms with Gasteiger partial charge in [0, 0.05) is 20.0 Å². The van der Waals surface area contributed by atoms with Crippen LogP contribution in [0, 0.1) is 28.6 Å². The number of hydrogen-bond donors (Lipinski definition) is 2. The number of hydrogen-bond acceptors (Lipinski definition) is 9. The van der Waals surface area contributed by atoms with Crippen molar-refractivity contribution in [1.82, 2.24) is 0 Å². The van der Waals surface area contributed by atoms with Gasteiger partial charge in [-0.2, -0.15) is 10.5 Å². The molecule has 4 atom stereocenters. The van der Waals surface area contributed by atoms with E-state index in [2.05, 4.69) is 12.1 Å². The van der Waals surface area contributed by atoms with Crippen molar-refractivity contribution in [3.8, 4) is 12.1 Å². The fourth-order valence-electron chi connectivity index (χ4n) is 4.48. The first kappa shape index (κ1) is 18.6. The van der Waals surface area contributed by atoms with E-state index in [-0.39, 0.29) is 21.2 Å². The number of methoxy groups -OCH3 is 1. The van der Waals surface area contributed by atoms with Crippen LogP contribution in [-0.4, -0.2) is 37.5 Å². The van der Waals surface area contributed by atoms with Crippen LogP contribution in [0.2, 0.25) is 0 Å². The molecular weight excluding hydrogens is 368 g/mol. The monoisotopic (exact) mass is 390 g/mol. The number of rotatable bonds is 2. The lowest BCUT2D eigenvalue weighted by Gasteiger charge is -2.36. The van der Waals surface area contributed by atoms with Gasteiger partial charge in [0.1, 0.15) is 18.3 Å². The fraction of sp³-hybridized carbons (Fsp3) is 0.667. The number of nitrogens with zero attached hydrogens (tertiary/aromatic N) is 2. The van der Waals surface area contributed by atoms with Crippen LogP contribution in [0.1, 0.15) is 32.1 Å². The number of fused-ring (bicyclic) bond motifs is 1. The van der Waals surface area contributed by atoms with Crippen LogP contribution in [-0.2, 0) is 18.9 Å². The van der Waals surface area contributed by atoms with Crippen molar-refractivity contribution < 1.29 is 18.9 Å². The Labute approximate surface area is 162 Å². The predicted octanol–water partition coefficient (Wildman–Crippen LogP) is 1.55. The van der Waals surface area contributed by atoms with Gasteiger partial charge in [0.2, 0.25) is 0 Å². The lowest BCUT2D eigenvalue weighted by molar-refractivity contribution is -0.249. The van der Waals surface area contributed by atoms with Crippen molar-refractivity contribution in [1.29, 1.82) is 10.5 Å². The second-order valence-corrected chi connectivity index (χ2v) is 8.28. The zero-order valence-electron chi connectivity index (χ0n) is 15.0. The standard InChI is InChI=1S/C18H22N4O4S/c1-23-13-12(11-9(7-19)15(21)27-16(22)10(11)8-20)24-17-14(13)25-18(26-17)5-3-2-4-6-18/h11-14,17H,2-6,21-22H2,1H3/t12-,13-,14-,17+/m1/s1. The Balaban J connectivity index is 1.64. The average Bonchev–Trinajstić information content (AvgIpc) is 3.15. The van der Waals surface area contributed by atoms with Gasteiger partial charge >= 0.3 is 0 Å². The van der Waals surface area contributed by atoms with E-state index in [4.69, 9.17) is 30.4 Å². The molecule has 0 aromatic rings. The minimum Gasteiger partial charge on any atom is -0.392 e. The van der Waals surface area contributed by atoms with Crippen LogP contribution >= 0.6 is 11.8 Å². The highest BCUT2D eigenvalue weighted by Gasteiger charge is 2.60. The molecule has 0 aromatic carbocycles. The molecule has 8 nitrogen and oxygen atoms in total. The molecule has 3 fully saturated rings. The third-order valence-corrected chi connectivity index (χ3v) is 6.60. The normalized spacial score (nSPS) is 36.0. The maximum Gasteiger partial charge on any atom is 0.190 e. The number of nitriles is 2. The summed E-state index contributed by atoms with van der Waals surface area (Å²) in [6.07, 6.45) is 2.77. The summed E-state index contributed by atoms with van der Waals surface area (Å²) in [5, 5.41) is 19.8. The smallest absolute Gasteiger partial charge is 0.190 e. The minimum atomic E-state index is -0.702. The Morgan fingerprint density at radius 2 is 1.67 bits per heavy atom. The summed E-state index contributed by atoms with van der Waals surface area (Å²) in [4.78, 5) is 0. The van der Waals surface area contributed by atoms with Gasteiger partial charge in [-0.1, -0.05) is 18.2 Å². The number of ether oxygens (including phenoxy) is 4. The molecule has 1 aliphatic carbocycles. The van der Waals surface area contributed by atoms with Crippen molar-refractivity contribution in [2.75, 3.05) is 7.11 Å². The Kier molecular flexibility index (Phi) is 4.83. The highest BCUT2D eigenvalue weighted by atomic mass is 32.2. The van der Waals surface area contributed by atoms with E-state index < -0.39 is 36.3 Å². The summed E-state index contributed by atoms with van der Waals surface area (Å²) >= 11 is 1.03. The van der Waals surface area contributed by atoms with E-state index in [0.717, 1.165) is 37.4 Å². The molecule has 1 saturated carbocycles.